The molecule has 1 atom stereocenters. The molecule has 32 heavy (non-hydrogen) atoms. The molecular formula is C24H28N4O3S. The first-order chi connectivity index (χ1) is 15.7. The molecule has 4 rings (SSSR count). The van der Waals surface area contributed by atoms with Crippen LogP contribution in [0.25, 0.3) is 5.69 Å². The van der Waals surface area contributed by atoms with Crippen LogP contribution in [0, 0.1) is 0 Å². The standard InChI is InChI=1S/C24H28N4O3S/c1-30-20-10-8-18(9-11-20)21(27-12-14-31-15-13-27)16-25-23(29)22-17-26-24(32-2)28(22)19-6-4-3-5-7-19/h3-11,17,21H,12-16H2,1-2H3,(H,25,29)/t21-/m0/s1. The van der Waals surface area contributed by atoms with Crippen molar-refractivity contribution in [1.82, 2.24) is 19.8 Å². The molecule has 2 heterocycles. The Morgan fingerprint density at radius 2 is 1.88 bits per heavy atom. The third-order valence-electron chi connectivity index (χ3n) is 5.60. The van der Waals surface area contributed by atoms with Gasteiger partial charge in [-0.3, -0.25) is 14.3 Å². The summed E-state index contributed by atoms with van der Waals surface area (Å²) < 4.78 is 12.7. The van der Waals surface area contributed by atoms with Gasteiger partial charge in [0.15, 0.2) is 5.16 Å². The van der Waals surface area contributed by atoms with E-state index in [1.54, 1.807) is 13.3 Å². The van der Waals surface area contributed by atoms with Gasteiger partial charge in [0, 0.05) is 25.3 Å². The number of methoxy groups -OCH3 is 1. The van der Waals surface area contributed by atoms with E-state index in [1.165, 1.54) is 11.8 Å². The summed E-state index contributed by atoms with van der Waals surface area (Å²) in [4.78, 5) is 20.0. The number of hydrogen-bond donors (Lipinski definition) is 1. The monoisotopic (exact) mass is 452 g/mol. The van der Waals surface area contributed by atoms with Gasteiger partial charge in [0.2, 0.25) is 0 Å². The number of morpholine rings is 1. The topological polar surface area (TPSA) is 68.6 Å². The van der Waals surface area contributed by atoms with E-state index in [2.05, 4.69) is 27.3 Å². The van der Waals surface area contributed by atoms with Crippen LogP contribution < -0.4 is 10.1 Å². The minimum absolute atomic E-state index is 0.0434. The third-order valence-corrected chi connectivity index (χ3v) is 6.26. The first-order valence-corrected chi connectivity index (χ1v) is 11.8. The molecule has 0 saturated carbocycles. The van der Waals surface area contributed by atoms with Crippen molar-refractivity contribution in [1.29, 1.82) is 0 Å². The number of thioether (sulfide) groups is 1. The lowest BCUT2D eigenvalue weighted by Crippen LogP contribution is -2.44. The molecule has 3 aromatic rings. The molecule has 7 nitrogen and oxygen atoms in total. The molecule has 1 N–H and O–H groups in total. The second kappa shape index (κ2) is 10.7. The van der Waals surface area contributed by atoms with E-state index >= 15 is 0 Å². The predicted octanol–water partition coefficient (Wildman–Crippen LogP) is 3.41. The lowest BCUT2D eigenvalue weighted by molar-refractivity contribution is 0.0162. The largest absolute Gasteiger partial charge is 0.497 e. The fraction of sp³-hybridized carbons (Fsp3) is 0.333. The van der Waals surface area contributed by atoms with Gasteiger partial charge in [0.1, 0.15) is 11.4 Å². The highest BCUT2D eigenvalue weighted by Crippen LogP contribution is 2.25. The number of carbonyl (C=O) groups is 1. The van der Waals surface area contributed by atoms with E-state index in [0.29, 0.717) is 25.5 Å². The van der Waals surface area contributed by atoms with E-state index in [0.717, 1.165) is 35.2 Å². The van der Waals surface area contributed by atoms with Crippen molar-refractivity contribution in [3.8, 4) is 11.4 Å². The van der Waals surface area contributed by atoms with Crippen LogP contribution in [0.3, 0.4) is 0 Å². The number of amides is 1. The summed E-state index contributed by atoms with van der Waals surface area (Å²) in [5, 5.41) is 3.93. The Morgan fingerprint density at radius 1 is 1.16 bits per heavy atom. The van der Waals surface area contributed by atoms with Crippen molar-refractivity contribution >= 4 is 17.7 Å². The van der Waals surface area contributed by atoms with Crippen LogP contribution >= 0.6 is 11.8 Å². The van der Waals surface area contributed by atoms with Gasteiger partial charge in [0.25, 0.3) is 5.91 Å². The van der Waals surface area contributed by atoms with Gasteiger partial charge < -0.3 is 14.8 Å². The predicted molar refractivity (Wildman–Crippen MR) is 126 cm³/mol. The molecule has 1 amide bonds. The van der Waals surface area contributed by atoms with Crippen LogP contribution in [0.2, 0.25) is 0 Å². The SMILES string of the molecule is COc1ccc([C@H](CNC(=O)c2cnc(SC)n2-c2ccccc2)N2CCOCC2)cc1. The molecule has 1 saturated heterocycles. The van der Waals surface area contributed by atoms with Crippen molar-refractivity contribution < 1.29 is 14.3 Å². The number of nitrogens with zero attached hydrogens (tertiary/aromatic N) is 3. The Morgan fingerprint density at radius 3 is 2.53 bits per heavy atom. The van der Waals surface area contributed by atoms with E-state index in [4.69, 9.17) is 9.47 Å². The smallest absolute Gasteiger partial charge is 0.270 e. The highest BCUT2D eigenvalue weighted by atomic mass is 32.2. The Labute approximate surface area is 192 Å². The second-order valence-electron chi connectivity index (χ2n) is 7.45. The quantitative estimate of drug-likeness (QED) is 0.529. The van der Waals surface area contributed by atoms with Gasteiger partial charge in [0.05, 0.1) is 32.6 Å². The zero-order valence-corrected chi connectivity index (χ0v) is 19.2. The average Bonchev–Trinajstić information content (AvgIpc) is 3.30. The molecule has 0 radical (unpaired) electrons. The number of ether oxygens (including phenoxy) is 2. The summed E-state index contributed by atoms with van der Waals surface area (Å²) in [5.74, 6) is 0.670. The van der Waals surface area contributed by atoms with Gasteiger partial charge in [-0.1, -0.05) is 42.1 Å². The number of carbonyl (C=O) groups excluding carboxylic acids is 1. The zero-order valence-electron chi connectivity index (χ0n) is 18.4. The van der Waals surface area contributed by atoms with Crippen molar-refractivity contribution in [2.24, 2.45) is 0 Å². The molecule has 1 aliphatic heterocycles. The summed E-state index contributed by atoms with van der Waals surface area (Å²) in [7, 11) is 1.66. The minimum atomic E-state index is -0.145. The molecule has 168 valence electrons. The van der Waals surface area contributed by atoms with Crippen LogP contribution in [0.4, 0.5) is 0 Å². The summed E-state index contributed by atoms with van der Waals surface area (Å²) in [5.41, 5.74) is 2.57. The maximum Gasteiger partial charge on any atom is 0.270 e. The summed E-state index contributed by atoms with van der Waals surface area (Å²) in [6.07, 6.45) is 3.60. The van der Waals surface area contributed by atoms with E-state index in [-0.39, 0.29) is 11.9 Å². The van der Waals surface area contributed by atoms with Crippen LogP contribution in [-0.2, 0) is 4.74 Å². The minimum Gasteiger partial charge on any atom is -0.497 e. The van der Waals surface area contributed by atoms with E-state index in [9.17, 15) is 4.79 Å². The molecule has 0 spiro atoms. The second-order valence-corrected chi connectivity index (χ2v) is 8.22. The Kier molecular flexibility index (Phi) is 7.47. The number of rotatable bonds is 8. The summed E-state index contributed by atoms with van der Waals surface area (Å²) in [6, 6.07) is 17.9. The van der Waals surface area contributed by atoms with Gasteiger partial charge in [-0.25, -0.2) is 4.98 Å². The van der Waals surface area contributed by atoms with Gasteiger partial charge in [-0.05, 0) is 36.1 Å². The third kappa shape index (κ3) is 4.98. The van der Waals surface area contributed by atoms with Crippen molar-refractivity contribution in [3.05, 3.63) is 72.1 Å². The van der Waals surface area contributed by atoms with Gasteiger partial charge in [-0.15, -0.1) is 0 Å². The zero-order chi connectivity index (χ0) is 22.3. The number of para-hydroxylation sites is 1. The lowest BCUT2D eigenvalue weighted by Gasteiger charge is -2.35. The van der Waals surface area contributed by atoms with E-state index < -0.39 is 0 Å². The maximum absolute atomic E-state index is 13.2. The fourth-order valence-electron chi connectivity index (χ4n) is 3.92. The van der Waals surface area contributed by atoms with E-state index in [1.807, 2.05) is 53.3 Å². The maximum atomic E-state index is 13.2. The molecule has 2 aromatic carbocycles. The van der Waals surface area contributed by atoms with Crippen LogP contribution in [-0.4, -0.2) is 66.6 Å². The Hall–Kier alpha value is -2.81. The summed E-state index contributed by atoms with van der Waals surface area (Å²) in [6.45, 7) is 3.52. The lowest BCUT2D eigenvalue weighted by atomic mass is 10.0. The van der Waals surface area contributed by atoms with Gasteiger partial charge >= 0.3 is 0 Å². The number of nitrogens with one attached hydrogen (secondary N) is 1. The first kappa shape index (κ1) is 22.4. The Bertz CT molecular complexity index is 1020. The molecule has 1 aliphatic rings. The Balaban J connectivity index is 1.55. The fourth-order valence-corrected chi connectivity index (χ4v) is 4.46. The molecule has 8 heteroatoms. The first-order valence-electron chi connectivity index (χ1n) is 10.6. The molecule has 0 aliphatic carbocycles. The highest BCUT2D eigenvalue weighted by Gasteiger charge is 2.25. The van der Waals surface area contributed by atoms with Crippen molar-refractivity contribution in [2.45, 2.75) is 11.2 Å². The number of aromatic nitrogens is 2. The number of benzene rings is 2. The normalized spacial score (nSPS) is 15.3. The average molecular weight is 453 g/mol. The van der Waals surface area contributed by atoms with Crippen LogP contribution in [0.1, 0.15) is 22.1 Å². The summed E-state index contributed by atoms with van der Waals surface area (Å²) >= 11 is 1.51. The van der Waals surface area contributed by atoms with Gasteiger partial charge in [-0.2, -0.15) is 0 Å². The highest BCUT2D eigenvalue weighted by molar-refractivity contribution is 7.98. The molecule has 0 unspecified atom stereocenters. The van der Waals surface area contributed by atoms with Crippen LogP contribution in [0.15, 0.2) is 66.0 Å². The van der Waals surface area contributed by atoms with Crippen molar-refractivity contribution in [2.75, 3.05) is 46.2 Å². The van der Waals surface area contributed by atoms with Crippen molar-refractivity contribution in [3.63, 3.8) is 0 Å². The molecule has 1 fully saturated rings. The molecule has 0 bridgehead atoms. The molecule has 1 aromatic heterocycles. The van der Waals surface area contributed by atoms with Crippen LogP contribution in [0.5, 0.6) is 5.75 Å². The number of hydrogen-bond acceptors (Lipinski definition) is 6. The number of imidazole rings is 1. The molecular weight excluding hydrogens is 424 g/mol.